The van der Waals surface area contributed by atoms with E-state index in [0.717, 1.165) is 5.92 Å². The molecule has 2 rings (SSSR count). The highest BCUT2D eigenvalue weighted by Crippen LogP contribution is 2.40. The highest BCUT2D eigenvalue weighted by atomic mass is 15.2. The van der Waals surface area contributed by atoms with Crippen molar-refractivity contribution < 1.29 is 0 Å². The maximum Gasteiger partial charge on any atom is 0.0490 e. The highest BCUT2D eigenvalue weighted by Gasteiger charge is 2.31. The van der Waals surface area contributed by atoms with Gasteiger partial charge >= 0.3 is 0 Å². The lowest BCUT2D eigenvalue weighted by Gasteiger charge is -2.37. The van der Waals surface area contributed by atoms with Crippen LogP contribution in [0.4, 0.5) is 5.69 Å². The second-order valence-corrected chi connectivity index (χ2v) is 6.25. The Hall–Kier alpha value is -1.06. The Balaban J connectivity index is 2.17. The van der Waals surface area contributed by atoms with Crippen LogP contribution >= 0.6 is 0 Å². The molecule has 0 aromatic heterocycles. The molecule has 0 radical (unpaired) electrons. The third kappa shape index (κ3) is 3.33. The van der Waals surface area contributed by atoms with Crippen LogP contribution in [-0.4, -0.2) is 14.1 Å². The van der Waals surface area contributed by atoms with E-state index in [9.17, 15) is 0 Å². The van der Waals surface area contributed by atoms with E-state index in [2.05, 4.69) is 55.6 Å². The smallest absolute Gasteiger partial charge is 0.0490 e. The zero-order valence-electron chi connectivity index (χ0n) is 13.1. The number of benzene rings is 1. The van der Waals surface area contributed by atoms with Gasteiger partial charge < -0.3 is 4.90 Å². The lowest BCUT2D eigenvalue weighted by Crippen LogP contribution is -2.38. The van der Waals surface area contributed by atoms with Crippen LogP contribution in [-0.2, 0) is 0 Å². The van der Waals surface area contributed by atoms with E-state index >= 15 is 0 Å². The Morgan fingerprint density at radius 1 is 1.20 bits per heavy atom. The number of hydrogen-bond acceptors (Lipinski definition) is 3. The molecule has 0 heterocycles. The maximum atomic E-state index is 5.89. The minimum atomic E-state index is 0.288. The van der Waals surface area contributed by atoms with Gasteiger partial charge in [-0.1, -0.05) is 44.7 Å². The average molecular weight is 275 g/mol. The van der Waals surface area contributed by atoms with Crippen molar-refractivity contribution in [2.45, 2.75) is 45.1 Å². The maximum absolute atomic E-state index is 5.89. The van der Waals surface area contributed by atoms with Gasteiger partial charge in [0.05, 0.1) is 0 Å². The lowest BCUT2D eigenvalue weighted by atomic mass is 9.72. The summed E-state index contributed by atoms with van der Waals surface area (Å²) >= 11 is 0. The number of anilines is 1. The van der Waals surface area contributed by atoms with Crippen molar-refractivity contribution in [1.82, 2.24) is 5.43 Å². The minimum Gasteiger partial charge on any atom is -0.378 e. The third-order valence-electron chi connectivity index (χ3n) is 4.87. The summed E-state index contributed by atoms with van der Waals surface area (Å²) in [4.78, 5) is 2.13. The summed E-state index contributed by atoms with van der Waals surface area (Å²) in [5.41, 5.74) is 5.65. The van der Waals surface area contributed by atoms with Gasteiger partial charge in [-0.05, 0) is 36.0 Å². The van der Waals surface area contributed by atoms with Crippen molar-refractivity contribution in [3.63, 3.8) is 0 Å². The molecule has 1 fully saturated rings. The van der Waals surface area contributed by atoms with Crippen molar-refractivity contribution in [3.05, 3.63) is 29.8 Å². The first-order valence-corrected chi connectivity index (χ1v) is 7.90. The van der Waals surface area contributed by atoms with Gasteiger partial charge in [-0.15, -0.1) is 0 Å². The first-order valence-electron chi connectivity index (χ1n) is 7.90. The number of nitrogens with two attached hydrogens (primary N) is 1. The molecule has 0 aliphatic heterocycles. The normalized spacial score (nSPS) is 24.4. The van der Waals surface area contributed by atoms with E-state index in [1.54, 1.807) is 0 Å². The zero-order chi connectivity index (χ0) is 14.5. The highest BCUT2D eigenvalue weighted by molar-refractivity contribution is 5.46. The molecule has 1 aromatic rings. The van der Waals surface area contributed by atoms with Gasteiger partial charge in [0.15, 0.2) is 0 Å². The molecule has 112 valence electrons. The van der Waals surface area contributed by atoms with Gasteiger partial charge in [-0.2, -0.15) is 0 Å². The Kier molecular flexibility index (Phi) is 5.44. The van der Waals surface area contributed by atoms with E-state index < -0.39 is 0 Å². The molecule has 3 atom stereocenters. The molecule has 3 heteroatoms. The number of rotatable bonds is 5. The predicted molar refractivity (Wildman–Crippen MR) is 86.6 cm³/mol. The fraction of sp³-hybridized carbons (Fsp3) is 0.647. The monoisotopic (exact) mass is 275 g/mol. The summed E-state index contributed by atoms with van der Waals surface area (Å²) in [6, 6.07) is 9.10. The molecule has 3 N–H and O–H groups in total. The van der Waals surface area contributed by atoms with E-state index in [0.29, 0.717) is 5.92 Å². The molecule has 1 aliphatic rings. The fourth-order valence-electron chi connectivity index (χ4n) is 3.63. The molecule has 0 spiro atoms. The molecule has 0 saturated heterocycles. The third-order valence-corrected chi connectivity index (χ3v) is 4.87. The molecule has 1 aromatic carbocycles. The van der Waals surface area contributed by atoms with Crippen LogP contribution in [0.3, 0.4) is 0 Å². The van der Waals surface area contributed by atoms with Crippen LogP contribution in [0.15, 0.2) is 24.3 Å². The molecule has 0 amide bonds. The fourth-order valence-corrected chi connectivity index (χ4v) is 3.63. The molecule has 3 nitrogen and oxygen atoms in total. The molecular formula is C17H29N3. The number of hydrogen-bond donors (Lipinski definition) is 2. The van der Waals surface area contributed by atoms with Crippen molar-refractivity contribution >= 4 is 5.69 Å². The topological polar surface area (TPSA) is 41.3 Å². The molecule has 20 heavy (non-hydrogen) atoms. The Morgan fingerprint density at radius 2 is 1.85 bits per heavy atom. The SMILES string of the molecule is CCC1CCCCC1C(NN)c1ccc(N(C)C)cc1. The van der Waals surface area contributed by atoms with Crippen LogP contribution < -0.4 is 16.2 Å². The molecule has 0 bridgehead atoms. The van der Waals surface area contributed by atoms with E-state index in [4.69, 9.17) is 5.84 Å². The van der Waals surface area contributed by atoms with Crippen LogP contribution in [0, 0.1) is 11.8 Å². The summed E-state index contributed by atoms with van der Waals surface area (Å²) in [5, 5.41) is 0. The lowest BCUT2D eigenvalue weighted by molar-refractivity contribution is 0.176. The van der Waals surface area contributed by atoms with Crippen molar-refractivity contribution in [3.8, 4) is 0 Å². The molecular weight excluding hydrogens is 246 g/mol. The Bertz CT molecular complexity index is 399. The summed E-state index contributed by atoms with van der Waals surface area (Å²) in [7, 11) is 4.14. The van der Waals surface area contributed by atoms with Crippen molar-refractivity contribution in [2.24, 2.45) is 17.7 Å². The van der Waals surface area contributed by atoms with Crippen LogP contribution in [0.2, 0.25) is 0 Å². The van der Waals surface area contributed by atoms with Gasteiger partial charge in [0.2, 0.25) is 0 Å². The van der Waals surface area contributed by atoms with Crippen molar-refractivity contribution in [1.29, 1.82) is 0 Å². The van der Waals surface area contributed by atoms with Gasteiger partial charge in [-0.3, -0.25) is 11.3 Å². The summed E-state index contributed by atoms with van der Waals surface area (Å²) in [6.07, 6.45) is 6.64. The van der Waals surface area contributed by atoms with E-state index in [-0.39, 0.29) is 6.04 Å². The number of hydrazine groups is 1. The summed E-state index contributed by atoms with van der Waals surface area (Å²) in [5.74, 6) is 7.36. The Labute approximate surface area is 123 Å². The van der Waals surface area contributed by atoms with Crippen LogP contribution in [0.25, 0.3) is 0 Å². The number of nitrogens with one attached hydrogen (secondary N) is 1. The second kappa shape index (κ2) is 7.09. The Morgan fingerprint density at radius 3 is 2.40 bits per heavy atom. The predicted octanol–water partition coefficient (Wildman–Crippen LogP) is 3.47. The van der Waals surface area contributed by atoms with Crippen LogP contribution in [0.1, 0.15) is 50.6 Å². The average Bonchev–Trinajstić information content (AvgIpc) is 2.49. The van der Waals surface area contributed by atoms with E-state index in [1.165, 1.54) is 43.4 Å². The largest absolute Gasteiger partial charge is 0.378 e. The van der Waals surface area contributed by atoms with E-state index in [1.807, 2.05) is 0 Å². The quantitative estimate of drug-likeness (QED) is 0.638. The van der Waals surface area contributed by atoms with Gasteiger partial charge in [-0.25, -0.2) is 0 Å². The summed E-state index contributed by atoms with van der Waals surface area (Å²) < 4.78 is 0. The summed E-state index contributed by atoms with van der Waals surface area (Å²) in [6.45, 7) is 2.31. The van der Waals surface area contributed by atoms with Gasteiger partial charge in [0.25, 0.3) is 0 Å². The molecule has 1 saturated carbocycles. The standard InChI is InChI=1S/C17H29N3/c1-4-13-7-5-6-8-16(13)17(19-18)14-9-11-15(12-10-14)20(2)3/h9-13,16-17,19H,4-8,18H2,1-3H3. The molecule has 1 aliphatic carbocycles. The van der Waals surface area contributed by atoms with Crippen LogP contribution in [0.5, 0.6) is 0 Å². The first kappa shape index (κ1) is 15.3. The van der Waals surface area contributed by atoms with Gasteiger partial charge in [0.1, 0.15) is 0 Å². The first-order chi connectivity index (χ1) is 9.67. The minimum absolute atomic E-state index is 0.288. The molecule has 3 unspecified atom stereocenters. The number of nitrogens with zero attached hydrogens (tertiary/aromatic N) is 1. The zero-order valence-corrected chi connectivity index (χ0v) is 13.1. The van der Waals surface area contributed by atoms with Crippen molar-refractivity contribution in [2.75, 3.05) is 19.0 Å². The van der Waals surface area contributed by atoms with Gasteiger partial charge in [0, 0.05) is 25.8 Å². The second-order valence-electron chi connectivity index (χ2n) is 6.25.